The van der Waals surface area contributed by atoms with Crippen LogP contribution in [-0.2, 0) is 40.9 Å². The summed E-state index contributed by atoms with van der Waals surface area (Å²) in [7, 11) is -15.2. The second-order valence-electron chi connectivity index (χ2n) is 5.99. The van der Waals surface area contributed by atoms with Crippen LogP contribution in [0.5, 0.6) is 17.2 Å². The summed E-state index contributed by atoms with van der Waals surface area (Å²) in [6.45, 7) is 0. The fourth-order valence-electron chi connectivity index (χ4n) is 2.18. The molecule has 0 spiro atoms. The third-order valence-electron chi connectivity index (χ3n) is 3.41. The highest BCUT2D eigenvalue weighted by Crippen LogP contribution is 2.19. The highest BCUT2D eigenvalue weighted by molar-refractivity contribution is 7.86. The van der Waals surface area contributed by atoms with Gasteiger partial charge in [-0.25, -0.2) is 0 Å². The molecule has 0 bridgehead atoms. The molecule has 0 atom stereocenters. The molecule has 3 rings (SSSR count). The third kappa shape index (κ3) is 8.93. The maximum Gasteiger partial charge on any atom is 0.958 e. The first-order chi connectivity index (χ1) is 16.0. The maximum atomic E-state index is 12.3. The lowest BCUT2D eigenvalue weighted by molar-refractivity contribution is 0.262. The summed E-state index contributed by atoms with van der Waals surface area (Å²) < 4.78 is 101. The first-order valence-electron chi connectivity index (χ1n) is 9.05. The zero-order valence-electron chi connectivity index (χ0n) is 16.9. The fraction of sp³-hybridized carbons (Fsp3) is 0. The quantitative estimate of drug-likeness (QED) is 0.305. The molecule has 0 saturated carbocycles. The molecule has 3 aromatic rings. The molecule has 0 aliphatic carbocycles. The van der Waals surface area contributed by atoms with Gasteiger partial charge in [-0.1, -0.05) is 54.6 Å². The van der Waals surface area contributed by atoms with E-state index >= 15 is 0 Å². The van der Waals surface area contributed by atoms with E-state index in [0.29, 0.717) is 0 Å². The summed E-state index contributed by atoms with van der Waals surface area (Å²) in [5.74, 6) is -0.619. The van der Waals surface area contributed by atoms with E-state index in [-0.39, 0.29) is 17.2 Å². The Morgan fingerprint density at radius 1 is 0.412 bits per heavy atom. The zero-order valence-corrected chi connectivity index (χ0v) is 20.5. The summed E-state index contributed by atoms with van der Waals surface area (Å²) in [5.41, 5.74) is 0. The Kier molecular flexibility index (Phi) is 8.52. The maximum absolute atomic E-state index is 12.3. The van der Waals surface area contributed by atoms with Gasteiger partial charge in [0.25, 0.3) is 0 Å². The van der Waals surface area contributed by atoms with E-state index in [1.807, 2.05) is 0 Å². The molecule has 34 heavy (non-hydrogen) atoms. The molecule has 0 aliphatic rings. The van der Waals surface area contributed by atoms with Crippen LogP contribution in [0.1, 0.15) is 0 Å². The number of benzene rings is 3. The van der Waals surface area contributed by atoms with Gasteiger partial charge in [-0.15, -0.1) is 0 Å². The van der Waals surface area contributed by atoms with Gasteiger partial charge in [0.15, 0.2) is 0 Å². The largest absolute Gasteiger partial charge is 0.958 e. The SMILES string of the molecule is O=S(=O)(Oc1ccccc1)[O][Al]([O]S(=O)(=O)Oc1ccccc1)[O]S(=O)(=O)Oc1ccccc1. The van der Waals surface area contributed by atoms with Crippen molar-refractivity contribution in [2.24, 2.45) is 0 Å². The van der Waals surface area contributed by atoms with E-state index < -0.39 is 46.3 Å². The Balaban J connectivity index is 1.81. The van der Waals surface area contributed by atoms with E-state index in [2.05, 4.69) is 22.3 Å². The Labute approximate surface area is 201 Å². The average molecular weight is 546 g/mol. The molecule has 0 aliphatic heterocycles. The first kappa shape index (κ1) is 25.9. The van der Waals surface area contributed by atoms with Gasteiger partial charge in [0, 0.05) is 0 Å². The molecule has 0 radical (unpaired) electrons. The van der Waals surface area contributed by atoms with Crippen molar-refractivity contribution in [2.75, 3.05) is 0 Å². The second kappa shape index (κ2) is 11.2. The molecular weight excluding hydrogens is 531 g/mol. The van der Waals surface area contributed by atoms with Gasteiger partial charge in [0.2, 0.25) is 0 Å². The summed E-state index contributed by atoms with van der Waals surface area (Å²) >= 11 is -4.67. The van der Waals surface area contributed by atoms with E-state index in [1.165, 1.54) is 72.8 Å². The second-order valence-corrected chi connectivity index (χ2v) is 11.8. The Bertz CT molecular complexity index is 1210. The normalized spacial score (nSPS) is 12.0. The van der Waals surface area contributed by atoms with Crippen LogP contribution in [0.3, 0.4) is 0 Å². The molecule has 0 heterocycles. The van der Waals surface area contributed by atoms with Crippen molar-refractivity contribution in [3.05, 3.63) is 91.0 Å². The summed E-state index contributed by atoms with van der Waals surface area (Å²) in [5, 5.41) is 0. The minimum atomic E-state index is -5.05. The molecule has 0 fully saturated rings. The average Bonchev–Trinajstić information content (AvgIpc) is 2.73. The number of hydrogen-bond acceptors (Lipinski definition) is 12. The van der Waals surface area contributed by atoms with E-state index in [1.54, 1.807) is 18.2 Å². The van der Waals surface area contributed by atoms with Crippen LogP contribution in [-0.4, -0.2) is 40.4 Å². The molecule has 3 aromatic carbocycles. The van der Waals surface area contributed by atoms with Crippen molar-refractivity contribution in [3.63, 3.8) is 0 Å². The smallest absolute Gasteiger partial charge is 0.363 e. The zero-order chi connectivity index (χ0) is 24.7. The lowest BCUT2D eigenvalue weighted by Crippen LogP contribution is -2.38. The van der Waals surface area contributed by atoms with Crippen molar-refractivity contribution < 1.29 is 47.5 Å². The van der Waals surface area contributed by atoms with Crippen molar-refractivity contribution in [3.8, 4) is 17.2 Å². The van der Waals surface area contributed by atoms with Gasteiger partial charge >= 0.3 is 46.3 Å². The van der Waals surface area contributed by atoms with Gasteiger partial charge in [-0.3, -0.25) is 0 Å². The number of hydrogen-bond donors (Lipinski definition) is 0. The Hall–Kier alpha value is -2.68. The molecule has 12 nitrogen and oxygen atoms in total. The van der Waals surface area contributed by atoms with Crippen molar-refractivity contribution in [1.82, 2.24) is 0 Å². The van der Waals surface area contributed by atoms with Crippen molar-refractivity contribution in [2.45, 2.75) is 0 Å². The molecule has 0 saturated heterocycles. The van der Waals surface area contributed by atoms with Crippen LogP contribution in [0.25, 0.3) is 0 Å². The summed E-state index contributed by atoms with van der Waals surface area (Å²) in [6, 6.07) is 20.9. The van der Waals surface area contributed by atoms with Crippen LogP contribution < -0.4 is 12.5 Å². The van der Waals surface area contributed by atoms with Gasteiger partial charge in [0.1, 0.15) is 17.2 Å². The minimum Gasteiger partial charge on any atom is -0.363 e. The number of para-hydroxylation sites is 3. The predicted molar refractivity (Wildman–Crippen MR) is 117 cm³/mol. The van der Waals surface area contributed by atoms with Gasteiger partial charge in [0.05, 0.1) is 0 Å². The van der Waals surface area contributed by atoms with Crippen molar-refractivity contribution >= 4 is 46.3 Å². The molecule has 0 aromatic heterocycles. The molecule has 0 N–H and O–H groups in total. The summed E-state index contributed by atoms with van der Waals surface area (Å²) in [6.07, 6.45) is 0. The van der Waals surface area contributed by atoms with Gasteiger partial charge in [-0.05, 0) is 36.4 Å². The molecule has 180 valence electrons. The minimum absolute atomic E-state index is 0.206. The van der Waals surface area contributed by atoms with Crippen LogP contribution >= 0.6 is 0 Å². The highest BCUT2D eigenvalue weighted by Gasteiger charge is 2.49. The van der Waals surface area contributed by atoms with Crippen LogP contribution in [0, 0.1) is 0 Å². The molecular formula is C18H15AlO12S3. The topological polar surface area (TPSA) is 158 Å². The lowest BCUT2D eigenvalue weighted by atomic mass is 10.3. The molecule has 0 amide bonds. The van der Waals surface area contributed by atoms with Crippen LogP contribution in [0.4, 0.5) is 0 Å². The van der Waals surface area contributed by atoms with Crippen molar-refractivity contribution in [1.29, 1.82) is 0 Å². The fourth-order valence-corrected chi connectivity index (χ4v) is 7.25. The third-order valence-corrected chi connectivity index (χ3v) is 9.32. The highest BCUT2D eigenvalue weighted by atomic mass is 32.3. The van der Waals surface area contributed by atoms with E-state index in [0.717, 1.165) is 0 Å². The van der Waals surface area contributed by atoms with Gasteiger partial charge in [-0.2, -0.15) is 25.3 Å². The number of rotatable bonds is 12. The lowest BCUT2D eigenvalue weighted by Gasteiger charge is -2.14. The first-order valence-corrected chi connectivity index (χ1v) is 14.5. The molecule has 16 heteroatoms. The van der Waals surface area contributed by atoms with Crippen LogP contribution in [0.2, 0.25) is 0 Å². The Morgan fingerprint density at radius 3 is 0.882 bits per heavy atom. The summed E-state index contributed by atoms with van der Waals surface area (Å²) in [4.78, 5) is 0. The van der Waals surface area contributed by atoms with Gasteiger partial charge < -0.3 is 22.3 Å². The monoisotopic (exact) mass is 546 g/mol. The standard InChI is InChI=1S/3C6H6O4S.Al/c3*7-11(8,9)10-6-4-2-1-3-5-6;/h3*1-5H,(H,7,8,9);/q;;;+3/p-3. The predicted octanol–water partition coefficient (Wildman–Crippen LogP) is 1.99. The molecule has 0 unspecified atom stereocenters. The van der Waals surface area contributed by atoms with E-state index in [9.17, 15) is 25.3 Å². The van der Waals surface area contributed by atoms with E-state index in [4.69, 9.17) is 0 Å². The Morgan fingerprint density at radius 2 is 0.647 bits per heavy atom. The van der Waals surface area contributed by atoms with Crippen LogP contribution in [0.15, 0.2) is 91.0 Å².